The number of rotatable bonds is 2. The fourth-order valence-electron chi connectivity index (χ4n) is 1.46. The number of aromatic amines is 1. The summed E-state index contributed by atoms with van der Waals surface area (Å²) in [7, 11) is 0. The summed E-state index contributed by atoms with van der Waals surface area (Å²) in [6, 6.07) is 4.70. The van der Waals surface area contributed by atoms with Crippen molar-refractivity contribution in [3.05, 3.63) is 40.3 Å². The van der Waals surface area contributed by atoms with Crippen LogP contribution in [-0.4, -0.2) is 10.2 Å². The zero-order valence-corrected chi connectivity index (χ0v) is 9.48. The summed E-state index contributed by atoms with van der Waals surface area (Å²) in [4.78, 5) is 0. The molecule has 16 heavy (non-hydrogen) atoms. The minimum atomic E-state index is -0.384. The van der Waals surface area contributed by atoms with E-state index >= 15 is 0 Å². The number of halogens is 2. The second-order valence-corrected chi connectivity index (χ2v) is 3.97. The Labute approximate surface area is 97.4 Å². The molecular weight excluding hydrogens is 229 g/mol. The number of nitrogens with one attached hydrogen (secondary N) is 1. The Bertz CT molecular complexity index is 522. The van der Waals surface area contributed by atoms with Crippen molar-refractivity contribution < 1.29 is 4.39 Å². The molecule has 0 saturated carbocycles. The lowest BCUT2D eigenvalue weighted by atomic mass is 10.1. The summed E-state index contributed by atoms with van der Waals surface area (Å²) in [6.45, 7) is 2.17. The molecule has 0 bridgehead atoms. The first kappa shape index (κ1) is 11.1. The van der Waals surface area contributed by atoms with Crippen molar-refractivity contribution in [3.8, 4) is 11.3 Å². The Morgan fingerprint density at radius 3 is 2.81 bits per heavy atom. The van der Waals surface area contributed by atoms with Crippen molar-refractivity contribution in [2.75, 3.05) is 0 Å². The van der Waals surface area contributed by atoms with Gasteiger partial charge < -0.3 is 5.73 Å². The zero-order chi connectivity index (χ0) is 11.7. The molecule has 0 fully saturated rings. The molecule has 0 unspecified atom stereocenters. The predicted octanol–water partition coefficient (Wildman–Crippen LogP) is 2.64. The Hall–Kier alpha value is -1.39. The van der Waals surface area contributed by atoms with Crippen molar-refractivity contribution >= 4 is 11.6 Å². The Morgan fingerprint density at radius 1 is 1.44 bits per heavy atom. The smallest absolute Gasteiger partial charge is 0.134 e. The van der Waals surface area contributed by atoms with Gasteiger partial charge in [-0.2, -0.15) is 5.10 Å². The number of nitrogens with zero attached hydrogens (tertiary/aromatic N) is 1. The van der Waals surface area contributed by atoms with Gasteiger partial charge in [0.05, 0.1) is 5.69 Å². The first-order chi connectivity index (χ1) is 7.61. The van der Waals surface area contributed by atoms with Gasteiger partial charge in [-0.05, 0) is 30.7 Å². The van der Waals surface area contributed by atoms with Crippen LogP contribution in [0.2, 0.25) is 5.02 Å². The predicted molar refractivity (Wildman–Crippen MR) is 61.6 cm³/mol. The third-order valence-corrected chi connectivity index (χ3v) is 2.78. The minimum absolute atomic E-state index is 0.348. The minimum Gasteiger partial charge on any atom is -0.325 e. The van der Waals surface area contributed by atoms with E-state index in [4.69, 9.17) is 17.3 Å². The number of aryl methyl sites for hydroxylation is 1. The molecule has 3 nitrogen and oxygen atoms in total. The Kier molecular flexibility index (Phi) is 2.94. The fourth-order valence-corrected chi connectivity index (χ4v) is 1.61. The summed E-state index contributed by atoms with van der Waals surface area (Å²) >= 11 is 5.82. The van der Waals surface area contributed by atoms with Crippen LogP contribution < -0.4 is 5.73 Å². The van der Waals surface area contributed by atoms with Crippen LogP contribution >= 0.6 is 11.6 Å². The first-order valence-corrected chi connectivity index (χ1v) is 5.20. The van der Waals surface area contributed by atoms with Gasteiger partial charge in [-0.1, -0.05) is 11.6 Å². The second kappa shape index (κ2) is 4.23. The van der Waals surface area contributed by atoms with Gasteiger partial charge in [0.25, 0.3) is 0 Å². The molecule has 0 saturated heterocycles. The highest BCUT2D eigenvalue weighted by molar-refractivity contribution is 6.31. The molecule has 2 rings (SSSR count). The molecule has 0 amide bonds. The van der Waals surface area contributed by atoms with Crippen molar-refractivity contribution in [1.29, 1.82) is 0 Å². The van der Waals surface area contributed by atoms with Gasteiger partial charge in [0.1, 0.15) is 5.82 Å². The van der Waals surface area contributed by atoms with Crippen molar-refractivity contribution in [2.24, 2.45) is 5.73 Å². The number of H-pyrrole nitrogens is 1. The van der Waals surface area contributed by atoms with Gasteiger partial charge >= 0.3 is 0 Å². The van der Waals surface area contributed by atoms with Crippen LogP contribution in [0.5, 0.6) is 0 Å². The van der Waals surface area contributed by atoms with E-state index in [0.29, 0.717) is 22.8 Å². The molecule has 0 radical (unpaired) electrons. The van der Waals surface area contributed by atoms with Crippen molar-refractivity contribution in [1.82, 2.24) is 10.2 Å². The summed E-state index contributed by atoms with van der Waals surface area (Å²) in [5.74, 6) is -0.384. The molecule has 1 aromatic carbocycles. The molecule has 0 spiro atoms. The largest absolute Gasteiger partial charge is 0.325 e. The van der Waals surface area contributed by atoms with Crippen LogP contribution in [-0.2, 0) is 6.54 Å². The number of aromatic nitrogens is 2. The summed E-state index contributed by atoms with van der Waals surface area (Å²) < 4.78 is 13.7. The molecule has 0 aliphatic rings. The van der Waals surface area contributed by atoms with Gasteiger partial charge in [0, 0.05) is 22.8 Å². The average Bonchev–Trinajstić information content (AvgIpc) is 2.71. The van der Waals surface area contributed by atoms with E-state index in [2.05, 4.69) is 10.2 Å². The van der Waals surface area contributed by atoms with Crippen LogP contribution in [0.15, 0.2) is 18.2 Å². The Balaban J connectivity index is 2.51. The monoisotopic (exact) mass is 239 g/mol. The molecule has 0 atom stereocenters. The first-order valence-electron chi connectivity index (χ1n) is 4.82. The van der Waals surface area contributed by atoms with Gasteiger partial charge in [0.2, 0.25) is 0 Å². The molecule has 5 heteroatoms. The molecule has 1 aromatic heterocycles. The second-order valence-electron chi connectivity index (χ2n) is 3.56. The highest BCUT2D eigenvalue weighted by atomic mass is 35.5. The van der Waals surface area contributed by atoms with E-state index in [1.54, 1.807) is 12.1 Å². The van der Waals surface area contributed by atoms with Crippen LogP contribution in [0.3, 0.4) is 0 Å². The molecule has 0 aliphatic carbocycles. The maximum atomic E-state index is 13.7. The van der Waals surface area contributed by atoms with Gasteiger partial charge in [-0.3, -0.25) is 5.10 Å². The quantitative estimate of drug-likeness (QED) is 0.847. The van der Waals surface area contributed by atoms with Crippen molar-refractivity contribution in [3.63, 3.8) is 0 Å². The third-order valence-electron chi connectivity index (χ3n) is 2.38. The van der Waals surface area contributed by atoms with E-state index in [1.807, 2.05) is 6.92 Å². The summed E-state index contributed by atoms with van der Waals surface area (Å²) in [5.41, 5.74) is 8.00. The van der Waals surface area contributed by atoms with Gasteiger partial charge in [-0.25, -0.2) is 4.39 Å². The van der Waals surface area contributed by atoms with Gasteiger partial charge in [-0.15, -0.1) is 0 Å². The maximum absolute atomic E-state index is 13.7. The van der Waals surface area contributed by atoms with Crippen LogP contribution in [0.25, 0.3) is 11.3 Å². The van der Waals surface area contributed by atoms with E-state index in [-0.39, 0.29) is 5.82 Å². The van der Waals surface area contributed by atoms with E-state index in [0.717, 1.165) is 11.3 Å². The lowest BCUT2D eigenvalue weighted by Crippen LogP contribution is -1.95. The van der Waals surface area contributed by atoms with Crippen molar-refractivity contribution in [2.45, 2.75) is 13.5 Å². The van der Waals surface area contributed by atoms with Crippen LogP contribution in [0, 0.1) is 12.7 Å². The third kappa shape index (κ3) is 1.94. The molecule has 1 heterocycles. The van der Waals surface area contributed by atoms with Crippen LogP contribution in [0.4, 0.5) is 4.39 Å². The topological polar surface area (TPSA) is 54.7 Å². The molecule has 84 valence electrons. The molecule has 3 N–H and O–H groups in total. The zero-order valence-electron chi connectivity index (χ0n) is 8.72. The van der Waals surface area contributed by atoms with E-state index in [9.17, 15) is 4.39 Å². The fraction of sp³-hybridized carbons (Fsp3) is 0.182. The molecule has 0 aliphatic heterocycles. The number of hydrogen-bond donors (Lipinski definition) is 2. The number of benzene rings is 1. The molecule has 2 aromatic rings. The average molecular weight is 240 g/mol. The normalized spacial score (nSPS) is 10.8. The lowest BCUT2D eigenvalue weighted by molar-refractivity contribution is 0.630. The number of nitrogens with two attached hydrogens (primary N) is 1. The van der Waals surface area contributed by atoms with Crippen LogP contribution in [0.1, 0.15) is 11.3 Å². The lowest BCUT2D eigenvalue weighted by Gasteiger charge is -2.03. The Morgan fingerprint density at radius 2 is 2.19 bits per heavy atom. The highest BCUT2D eigenvalue weighted by Crippen LogP contribution is 2.27. The molecular formula is C11H11ClFN3. The van der Waals surface area contributed by atoms with Gasteiger partial charge in [0.15, 0.2) is 0 Å². The summed E-state index contributed by atoms with van der Waals surface area (Å²) in [5, 5.41) is 7.15. The summed E-state index contributed by atoms with van der Waals surface area (Å²) in [6.07, 6.45) is 0. The number of hydrogen-bond acceptors (Lipinski definition) is 2. The van der Waals surface area contributed by atoms with E-state index in [1.165, 1.54) is 6.07 Å². The SMILES string of the molecule is Cc1cc(-c2cc(CN)[nH]n2)c(F)cc1Cl. The standard InChI is InChI=1S/C11H11ClFN3/c1-6-2-8(10(13)4-9(6)12)11-3-7(5-14)15-16-11/h2-4H,5,14H2,1H3,(H,15,16). The maximum Gasteiger partial charge on any atom is 0.134 e. The van der Waals surface area contributed by atoms with E-state index < -0.39 is 0 Å². The highest BCUT2D eigenvalue weighted by Gasteiger charge is 2.11.